The normalized spacial score (nSPS) is 20.9. The van der Waals surface area contributed by atoms with Crippen LogP contribution in [-0.2, 0) is 14.3 Å². The van der Waals surface area contributed by atoms with Crippen LogP contribution in [0.3, 0.4) is 0 Å². The number of piperidine rings is 1. The molecular formula is C26H39NO7. The second-order valence-corrected chi connectivity index (χ2v) is 9.31. The molecule has 1 saturated carbocycles. The maximum absolute atomic E-state index is 14.2. The van der Waals surface area contributed by atoms with E-state index in [2.05, 4.69) is 0 Å². The van der Waals surface area contributed by atoms with Crippen LogP contribution in [0.1, 0.15) is 69.8 Å². The summed E-state index contributed by atoms with van der Waals surface area (Å²) in [6.07, 6.45) is 6.91. The Labute approximate surface area is 202 Å². The molecule has 1 aliphatic heterocycles. The van der Waals surface area contributed by atoms with E-state index in [0.29, 0.717) is 30.2 Å². The summed E-state index contributed by atoms with van der Waals surface area (Å²) in [4.78, 5) is 28.8. The first-order valence-corrected chi connectivity index (χ1v) is 12.4. The number of benzene rings is 1. The first-order chi connectivity index (χ1) is 16.4. The van der Waals surface area contributed by atoms with E-state index in [-0.39, 0.29) is 18.4 Å². The topological polar surface area (TPSA) is 94.5 Å². The van der Waals surface area contributed by atoms with Crippen LogP contribution in [0, 0.1) is 5.92 Å². The van der Waals surface area contributed by atoms with Gasteiger partial charge in [0.1, 0.15) is 12.1 Å². The number of rotatable bonds is 9. The molecule has 8 heteroatoms. The van der Waals surface area contributed by atoms with Crippen molar-refractivity contribution in [1.82, 2.24) is 4.90 Å². The van der Waals surface area contributed by atoms with E-state index < -0.39 is 24.0 Å². The van der Waals surface area contributed by atoms with Gasteiger partial charge in [-0.25, -0.2) is 4.79 Å². The summed E-state index contributed by atoms with van der Waals surface area (Å²) in [6, 6.07) is 3.09. The summed E-state index contributed by atoms with van der Waals surface area (Å²) in [7, 11) is 4.69. The van der Waals surface area contributed by atoms with E-state index >= 15 is 0 Å². The Morgan fingerprint density at radius 1 is 0.971 bits per heavy atom. The van der Waals surface area contributed by atoms with E-state index in [1.807, 2.05) is 12.1 Å². The highest BCUT2D eigenvalue weighted by atomic mass is 16.6. The molecule has 3 rings (SSSR count). The molecule has 0 aromatic heterocycles. The van der Waals surface area contributed by atoms with Crippen LogP contribution in [0.25, 0.3) is 0 Å². The fourth-order valence-corrected chi connectivity index (χ4v) is 5.30. The number of hydrogen-bond donors (Lipinski definition) is 1. The van der Waals surface area contributed by atoms with E-state index in [1.165, 1.54) is 6.42 Å². The summed E-state index contributed by atoms with van der Waals surface area (Å²) < 4.78 is 22.0. The molecular weight excluding hydrogens is 438 g/mol. The van der Waals surface area contributed by atoms with Gasteiger partial charge in [-0.15, -0.1) is 0 Å². The van der Waals surface area contributed by atoms with Crippen LogP contribution < -0.4 is 14.2 Å². The molecule has 2 aliphatic rings. The number of carbonyl (C=O) groups excluding carboxylic acids is 2. The largest absolute Gasteiger partial charge is 0.493 e. The van der Waals surface area contributed by atoms with Gasteiger partial charge in [-0.1, -0.05) is 19.3 Å². The first-order valence-electron chi connectivity index (χ1n) is 12.4. The number of carbonyl (C=O) groups is 2. The molecule has 1 amide bonds. The van der Waals surface area contributed by atoms with Crippen molar-refractivity contribution in [2.24, 2.45) is 5.92 Å². The van der Waals surface area contributed by atoms with Gasteiger partial charge in [0, 0.05) is 6.54 Å². The van der Waals surface area contributed by atoms with Crippen molar-refractivity contribution in [3.05, 3.63) is 17.7 Å². The summed E-state index contributed by atoms with van der Waals surface area (Å²) in [6.45, 7) is 1.91. The first kappa shape index (κ1) is 26.1. The molecule has 1 N–H and O–H groups in total. The number of esters is 1. The van der Waals surface area contributed by atoms with Gasteiger partial charge < -0.3 is 29.0 Å². The smallest absolute Gasteiger partial charge is 0.329 e. The number of aliphatic hydroxyl groups excluding tert-OH is 1. The predicted octanol–water partition coefficient (Wildman–Crippen LogP) is 3.68. The zero-order valence-corrected chi connectivity index (χ0v) is 20.9. The van der Waals surface area contributed by atoms with Gasteiger partial charge in [0.25, 0.3) is 0 Å². The third-order valence-electron chi connectivity index (χ3n) is 7.07. The number of hydrogen-bond acceptors (Lipinski definition) is 7. The zero-order valence-electron chi connectivity index (χ0n) is 20.9. The van der Waals surface area contributed by atoms with E-state index in [9.17, 15) is 14.7 Å². The molecule has 0 spiro atoms. The fourth-order valence-electron chi connectivity index (χ4n) is 5.30. The van der Waals surface area contributed by atoms with Gasteiger partial charge in [-0.3, -0.25) is 4.79 Å². The molecule has 1 aromatic carbocycles. The zero-order chi connectivity index (χ0) is 24.7. The number of aliphatic hydroxyl groups is 1. The number of methoxy groups -OCH3 is 3. The number of nitrogens with zero attached hydrogens (tertiary/aromatic N) is 1. The van der Waals surface area contributed by atoms with Crippen molar-refractivity contribution in [2.45, 2.75) is 76.4 Å². The maximum Gasteiger partial charge on any atom is 0.329 e. The van der Waals surface area contributed by atoms with Crippen molar-refractivity contribution >= 4 is 11.9 Å². The lowest BCUT2D eigenvalue weighted by Gasteiger charge is -2.39. The molecule has 190 valence electrons. The lowest BCUT2D eigenvalue weighted by atomic mass is 9.75. The Bertz CT molecular complexity index is 811. The van der Waals surface area contributed by atoms with Crippen LogP contribution in [0.2, 0.25) is 0 Å². The molecule has 3 atom stereocenters. The van der Waals surface area contributed by atoms with Crippen LogP contribution in [0.4, 0.5) is 0 Å². The van der Waals surface area contributed by atoms with Gasteiger partial charge in [0.05, 0.1) is 33.9 Å². The van der Waals surface area contributed by atoms with Gasteiger partial charge in [0.2, 0.25) is 11.7 Å². The fraction of sp³-hybridized carbons (Fsp3) is 0.692. The van der Waals surface area contributed by atoms with Crippen LogP contribution in [0.15, 0.2) is 12.1 Å². The third kappa shape index (κ3) is 5.77. The lowest BCUT2D eigenvalue weighted by molar-refractivity contribution is -0.163. The van der Waals surface area contributed by atoms with Crippen LogP contribution in [-0.4, -0.2) is 68.5 Å². The second-order valence-electron chi connectivity index (χ2n) is 9.31. The second kappa shape index (κ2) is 12.3. The molecule has 1 aliphatic carbocycles. The van der Waals surface area contributed by atoms with Crippen molar-refractivity contribution in [2.75, 3.05) is 34.5 Å². The molecule has 1 aromatic rings. The average Bonchev–Trinajstić information content (AvgIpc) is 2.88. The molecule has 2 fully saturated rings. The Kier molecular flexibility index (Phi) is 9.45. The molecule has 0 radical (unpaired) electrons. The number of likely N-dealkylation sites (tertiary alicyclic amines) is 1. The monoisotopic (exact) mass is 477 g/mol. The Morgan fingerprint density at radius 3 is 2.15 bits per heavy atom. The Morgan fingerprint density at radius 2 is 1.59 bits per heavy atom. The highest BCUT2D eigenvalue weighted by Gasteiger charge is 2.41. The third-order valence-corrected chi connectivity index (χ3v) is 7.07. The highest BCUT2D eigenvalue weighted by Crippen LogP contribution is 2.45. The van der Waals surface area contributed by atoms with E-state index in [0.717, 1.165) is 44.1 Å². The number of ether oxygens (including phenoxy) is 4. The minimum absolute atomic E-state index is 0.0560. The lowest BCUT2D eigenvalue weighted by Crippen LogP contribution is -2.51. The number of amides is 1. The van der Waals surface area contributed by atoms with Gasteiger partial charge in [0.15, 0.2) is 11.5 Å². The van der Waals surface area contributed by atoms with Crippen molar-refractivity contribution < 1.29 is 33.6 Å². The Hall–Kier alpha value is -2.48. The van der Waals surface area contributed by atoms with E-state index in [4.69, 9.17) is 18.9 Å². The Balaban J connectivity index is 2.00. The van der Waals surface area contributed by atoms with Crippen molar-refractivity contribution in [3.63, 3.8) is 0 Å². The molecule has 8 nitrogen and oxygen atoms in total. The maximum atomic E-state index is 14.2. The van der Waals surface area contributed by atoms with Crippen LogP contribution >= 0.6 is 0 Å². The average molecular weight is 478 g/mol. The summed E-state index contributed by atoms with van der Waals surface area (Å²) in [5.41, 5.74) is 0.813. The molecule has 1 saturated heterocycles. The summed E-state index contributed by atoms with van der Waals surface area (Å²) >= 11 is 0. The molecule has 34 heavy (non-hydrogen) atoms. The molecule has 1 heterocycles. The van der Waals surface area contributed by atoms with Crippen LogP contribution in [0.5, 0.6) is 17.2 Å². The summed E-state index contributed by atoms with van der Waals surface area (Å²) in [5.74, 6) is 0.757. The predicted molar refractivity (Wildman–Crippen MR) is 127 cm³/mol. The quantitative estimate of drug-likeness (QED) is 0.542. The molecule has 0 bridgehead atoms. The van der Waals surface area contributed by atoms with E-state index in [1.54, 1.807) is 33.2 Å². The highest BCUT2D eigenvalue weighted by molar-refractivity contribution is 5.89. The van der Waals surface area contributed by atoms with Gasteiger partial charge >= 0.3 is 5.97 Å². The van der Waals surface area contributed by atoms with Gasteiger partial charge in [-0.05, 0) is 62.6 Å². The minimum Gasteiger partial charge on any atom is -0.493 e. The van der Waals surface area contributed by atoms with Crippen molar-refractivity contribution in [3.8, 4) is 17.2 Å². The minimum atomic E-state index is -0.636. The standard InChI is InChI=1S/C26H39NO7/c1-17(16-28)34-26(30)20-12-8-9-13-27(20)25(29)23(18-10-6-5-7-11-18)19-14-21(31-2)24(33-4)22(15-19)32-3/h14-15,17-18,20,23,28H,5-13,16H2,1-4H3/t17-,20+,23?/m1/s1. The summed E-state index contributed by atoms with van der Waals surface area (Å²) in [5, 5.41) is 9.31. The van der Waals surface area contributed by atoms with Crippen molar-refractivity contribution in [1.29, 1.82) is 0 Å². The SMILES string of the molecule is COc1cc(C(C(=O)N2CCCC[C@H]2C(=O)O[C@H](C)CO)C2CCCCC2)cc(OC)c1OC. The molecule has 1 unspecified atom stereocenters. The van der Waals surface area contributed by atoms with Gasteiger partial charge in [-0.2, -0.15) is 0 Å².